The first-order chi connectivity index (χ1) is 11.7. The van der Waals surface area contributed by atoms with Crippen LogP contribution in [0.3, 0.4) is 0 Å². The van der Waals surface area contributed by atoms with E-state index in [9.17, 15) is 5.26 Å². The maximum absolute atomic E-state index is 9.64. The largest absolute Gasteiger partial charge is 0.383 e. The van der Waals surface area contributed by atoms with Crippen LogP contribution in [-0.4, -0.2) is 4.98 Å². The Kier molecular flexibility index (Phi) is 4.31. The molecule has 0 saturated carbocycles. The number of aryl methyl sites for hydroxylation is 1. The van der Waals surface area contributed by atoms with Crippen molar-refractivity contribution >= 4 is 5.82 Å². The van der Waals surface area contributed by atoms with Gasteiger partial charge in [-0.15, -0.1) is 0 Å². The normalized spacial score (nSPS) is 10.4. The first-order valence-corrected chi connectivity index (χ1v) is 8.00. The molecule has 0 spiro atoms. The van der Waals surface area contributed by atoms with Crippen molar-refractivity contribution < 1.29 is 0 Å². The van der Waals surface area contributed by atoms with Crippen LogP contribution in [0.5, 0.6) is 0 Å². The number of hydrogen-bond donors (Lipinski definition) is 1. The second-order valence-electron chi connectivity index (χ2n) is 5.78. The second-order valence-corrected chi connectivity index (χ2v) is 5.78. The second kappa shape index (κ2) is 6.55. The van der Waals surface area contributed by atoms with E-state index in [1.165, 1.54) is 0 Å². The van der Waals surface area contributed by atoms with Gasteiger partial charge in [0.05, 0.1) is 5.69 Å². The summed E-state index contributed by atoms with van der Waals surface area (Å²) in [6, 6.07) is 20.4. The van der Waals surface area contributed by atoms with Crippen LogP contribution in [0.4, 0.5) is 5.82 Å². The Bertz CT molecular complexity index is 922. The molecule has 2 N–H and O–H groups in total. The van der Waals surface area contributed by atoms with Crippen LogP contribution in [0.1, 0.15) is 23.6 Å². The van der Waals surface area contributed by atoms with Crippen molar-refractivity contribution in [3.63, 3.8) is 0 Å². The van der Waals surface area contributed by atoms with E-state index in [-0.39, 0.29) is 5.82 Å². The van der Waals surface area contributed by atoms with E-state index in [2.05, 4.69) is 24.0 Å². The van der Waals surface area contributed by atoms with Crippen LogP contribution < -0.4 is 5.73 Å². The molecule has 0 unspecified atom stereocenters. The molecule has 3 nitrogen and oxygen atoms in total. The van der Waals surface area contributed by atoms with Crippen molar-refractivity contribution in [2.75, 3.05) is 5.73 Å². The van der Waals surface area contributed by atoms with E-state index in [0.29, 0.717) is 5.56 Å². The lowest BCUT2D eigenvalue weighted by Gasteiger charge is -2.17. The molecule has 0 bridgehead atoms. The Morgan fingerprint density at radius 3 is 2.38 bits per heavy atom. The smallest absolute Gasteiger partial charge is 0.142 e. The van der Waals surface area contributed by atoms with Gasteiger partial charge in [-0.1, -0.05) is 67.1 Å². The van der Waals surface area contributed by atoms with Gasteiger partial charge in [-0.2, -0.15) is 5.26 Å². The van der Waals surface area contributed by atoms with Crippen LogP contribution in [0.25, 0.3) is 22.4 Å². The summed E-state index contributed by atoms with van der Waals surface area (Å²) in [5.74, 6) is 0.282. The molecule has 3 aromatic rings. The molecular formula is C21H19N3. The topological polar surface area (TPSA) is 62.7 Å². The molecule has 1 heterocycles. The van der Waals surface area contributed by atoms with Crippen molar-refractivity contribution in [2.24, 2.45) is 0 Å². The highest BCUT2D eigenvalue weighted by Crippen LogP contribution is 2.36. The summed E-state index contributed by atoms with van der Waals surface area (Å²) in [4.78, 5) is 4.55. The number of nitrogen functional groups attached to an aromatic ring is 1. The number of aromatic nitrogens is 1. The summed E-state index contributed by atoms with van der Waals surface area (Å²) >= 11 is 0. The molecule has 0 aliphatic rings. The molecule has 0 fully saturated rings. The summed E-state index contributed by atoms with van der Waals surface area (Å²) in [6.45, 7) is 4.13. The van der Waals surface area contributed by atoms with E-state index in [1.807, 2.05) is 55.5 Å². The maximum atomic E-state index is 9.64. The highest BCUT2D eigenvalue weighted by atomic mass is 14.9. The lowest BCUT2D eigenvalue weighted by molar-refractivity contribution is 1.11. The van der Waals surface area contributed by atoms with E-state index < -0.39 is 0 Å². The van der Waals surface area contributed by atoms with Crippen LogP contribution in [0.2, 0.25) is 0 Å². The summed E-state index contributed by atoms with van der Waals surface area (Å²) in [5.41, 5.74) is 12.6. The minimum absolute atomic E-state index is 0.282. The highest BCUT2D eigenvalue weighted by Gasteiger charge is 2.19. The van der Waals surface area contributed by atoms with Crippen molar-refractivity contribution in [2.45, 2.75) is 20.3 Å². The molecule has 3 rings (SSSR count). The van der Waals surface area contributed by atoms with E-state index in [4.69, 9.17) is 5.73 Å². The van der Waals surface area contributed by atoms with Gasteiger partial charge in [0.15, 0.2) is 0 Å². The third-order valence-corrected chi connectivity index (χ3v) is 4.15. The van der Waals surface area contributed by atoms with Gasteiger partial charge in [0.2, 0.25) is 0 Å². The zero-order valence-corrected chi connectivity index (χ0v) is 13.9. The Hall–Kier alpha value is -3.12. The lowest BCUT2D eigenvalue weighted by Crippen LogP contribution is -2.05. The maximum Gasteiger partial charge on any atom is 0.142 e. The van der Waals surface area contributed by atoms with Crippen molar-refractivity contribution in [1.82, 2.24) is 4.98 Å². The van der Waals surface area contributed by atoms with Gasteiger partial charge in [-0.3, -0.25) is 0 Å². The monoisotopic (exact) mass is 313 g/mol. The Morgan fingerprint density at radius 2 is 1.75 bits per heavy atom. The molecule has 118 valence electrons. The van der Waals surface area contributed by atoms with E-state index in [1.54, 1.807) is 0 Å². The molecule has 0 atom stereocenters. The zero-order valence-electron chi connectivity index (χ0n) is 13.9. The summed E-state index contributed by atoms with van der Waals surface area (Å²) in [5, 5.41) is 9.64. The quantitative estimate of drug-likeness (QED) is 0.759. The summed E-state index contributed by atoms with van der Waals surface area (Å²) < 4.78 is 0. The molecule has 0 aliphatic carbocycles. The van der Waals surface area contributed by atoms with Gasteiger partial charge < -0.3 is 5.73 Å². The molecule has 24 heavy (non-hydrogen) atoms. The fourth-order valence-electron chi connectivity index (χ4n) is 3.05. The van der Waals surface area contributed by atoms with Gasteiger partial charge in [0.1, 0.15) is 17.5 Å². The molecule has 0 saturated heterocycles. The van der Waals surface area contributed by atoms with Crippen LogP contribution in [0, 0.1) is 18.3 Å². The number of nitrogens with two attached hydrogens (primary N) is 1. The average molecular weight is 313 g/mol. The first kappa shape index (κ1) is 15.8. The average Bonchev–Trinajstić information content (AvgIpc) is 2.61. The third kappa shape index (κ3) is 2.75. The van der Waals surface area contributed by atoms with Crippen LogP contribution in [0.15, 0.2) is 54.6 Å². The minimum atomic E-state index is 0.282. The Labute approximate surface area is 142 Å². The number of anilines is 1. The SMILES string of the molecule is CCc1c(-c2ccccc2)nc(N)c(C#N)c1-c1cccc(C)c1. The van der Waals surface area contributed by atoms with E-state index >= 15 is 0 Å². The lowest BCUT2D eigenvalue weighted by atomic mass is 9.90. The molecule has 0 aliphatic heterocycles. The van der Waals surface area contributed by atoms with Gasteiger partial charge in [0.25, 0.3) is 0 Å². The standard InChI is InChI=1S/C21H19N3/c1-3-17-19(16-11-7-8-14(2)12-16)18(13-22)21(23)24-20(17)15-9-5-4-6-10-15/h4-12H,3H2,1-2H3,(H2,23,24). The van der Waals surface area contributed by atoms with Gasteiger partial charge in [-0.25, -0.2) is 4.98 Å². The van der Waals surface area contributed by atoms with E-state index in [0.717, 1.165) is 39.9 Å². The third-order valence-electron chi connectivity index (χ3n) is 4.15. The molecule has 0 amide bonds. The van der Waals surface area contributed by atoms with Gasteiger partial charge >= 0.3 is 0 Å². The molecule has 2 aromatic carbocycles. The van der Waals surface area contributed by atoms with Gasteiger partial charge in [0, 0.05) is 11.1 Å². The first-order valence-electron chi connectivity index (χ1n) is 8.00. The Balaban J connectivity index is 2.38. The predicted molar refractivity (Wildman–Crippen MR) is 98.4 cm³/mol. The fraction of sp³-hybridized carbons (Fsp3) is 0.143. The van der Waals surface area contributed by atoms with Crippen LogP contribution >= 0.6 is 0 Å². The zero-order chi connectivity index (χ0) is 17.1. The number of pyridine rings is 1. The fourth-order valence-corrected chi connectivity index (χ4v) is 3.05. The minimum Gasteiger partial charge on any atom is -0.383 e. The molecular weight excluding hydrogens is 294 g/mol. The number of rotatable bonds is 3. The number of hydrogen-bond acceptors (Lipinski definition) is 3. The predicted octanol–water partition coefficient (Wildman–Crippen LogP) is 4.74. The molecule has 3 heteroatoms. The van der Waals surface area contributed by atoms with Gasteiger partial charge in [-0.05, 0) is 24.5 Å². The van der Waals surface area contributed by atoms with Crippen molar-refractivity contribution in [3.05, 3.63) is 71.3 Å². The number of nitriles is 1. The summed E-state index contributed by atoms with van der Waals surface area (Å²) in [7, 11) is 0. The van der Waals surface area contributed by atoms with Crippen molar-refractivity contribution in [1.29, 1.82) is 5.26 Å². The molecule has 1 aromatic heterocycles. The summed E-state index contributed by atoms with van der Waals surface area (Å²) in [6.07, 6.45) is 0.773. The highest BCUT2D eigenvalue weighted by molar-refractivity contribution is 5.84. The Morgan fingerprint density at radius 1 is 1.04 bits per heavy atom. The number of benzene rings is 2. The van der Waals surface area contributed by atoms with Crippen LogP contribution in [-0.2, 0) is 6.42 Å². The van der Waals surface area contributed by atoms with Crippen molar-refractivity contribution in [3.8, 4) is 28.5 Å². The molecule has 0 radical (unpaired) electrons. The number of nitrogens with zero attached hydrogens (tertiary/aromatic N) is 2.